The molecule has 0 unspecified atom stereocenters. The molecule has 2 aromatic rings. The lowest BCUT2D eigenvalue weighted by Crippen LogP contribution is -3.00. The van der Waals surface area contributed by atoms with Crippen LogP contribution in [0.15, 0.2) is 60.7 Å². The number of carbonyl (C=O) groups is 1. The third-order valence-electron chi connectivity index (χ3n) is 6.67. The Labute approximate surface area is 173 Å². The summed E-state index contributed by atoms with van der Waals surface area (Å²) in [6, 6.07) is 20.1. The van der Waals surface area contributed by atoms with Crippen LogP contribution < -0.4 is 22.7 Å². The lowest BCUT2D eigenvalue weighted by atomic mass is 9.66. The zero-order chi connectivity index (χ0) is 18.8. The van der Waals surface area contributed by atoms with E-state index in [-0.39, 0.29) is 28.4 Å². The summed E-state index contributed by atoms with van der Waals surface area (Å²) in [6.45, 7) is 6.90. The molecule has 0 aliphatic carbocycles. The second kappa shape index (κ2) is 8.15. The molecule has 0 saturated carbocycles. The van der Waals surface area contributed by atoms with Crippen LogP contribution in [0.2, 0.25) is 0 Å². The molecule has 0 spiro atoms. The van der Waals surface area contributed by atoms with Gasteiger partial charge < -0.3 is 27.2 Å². The van der Waals surface area contributed by atoms with Gasteiger partial charge in [-0.1, -0.05) is 60.7 Å². The van der Waals surface area contributed by atoms with Crippen LogP contribution in [0.1, 0.15) is 44.2 Å². The number of halogens is 1. The van der Waals surface area contributed by atoms with E-state index in [1.807, 2.05) is 60.7 Å². The molecule has 1 saturated heterocycles. The molecule has 3 rings (SSSR count). The molecule has 3 nitrogen and oxygen atoms in total. The van der Waals surface area contributed by atoms with Crippen LogP contribution in [0.25, 0.3) is 0 Å². The van der Waals surface area contributed by atoms with Gasteiger partial charge in [-0.15, -0.1) is 0 Å². The highest BCUT2D eigenvalue weighted by Crippen LogP contribution is 2.44. The molecule has 2 N–H and O–H groups in total. The minimum atomic E-state index is -0.824. The van der Waals surface area contributed by atoms with Crippen molar-refractivity contribution in [2.45, 2.75) is 44.1 Å². The summed E-state index contributed by atoms with van der Waals surface area (Å²) in [4.78, 5) is 13.0. The molecule has 146 valence electrons. The molecule has 2 aromatic carbocycles. The maximum Gasteiger partial charge on any atom is 0.232 e. The minimum absolute atomic E-state index is 0. The van der Waals surface area contributed by atoms with Crippen LogP contribution in [0, 0.1) is 0 Å². The summed E-state index contributed by atoms with van der Waals surface area (Å²) in [5, 5.41) is 0. The smallest absolute Gasteiger partial charge is 0.232 e. The molecule has 0 radical (unpaired) electrons. The van der Waals surface area contributed by atoms with E-state index in [9.17, 15) is 4.79 Å². The number of hydrogen-bond donors (Lipinski definition) is 1. The number of carbonyl (C=O) groups excluding carboxylic acids is 1. The van der Waals surface area contributed by atoms with Crippen molar-refractivity contribution < 1.29 is 26.3 Å². The van der Waals surface area contributed by atoms with E-state index in [0.29, 0.717) is 6.42 Å². The molecule has 27 heavy (non-hydrogen) atoms. The number of rotatable bonds is 6. The first-order valence-corrected chi connectivity index (χ1v) is 9.57. The lowest BCUT2D eigenvalue weighted by molar-refractivity contribution is -0.945. The molecule has 0 aromatic heterocycles. The summed E-state index contributed by atoms with van der Waals surface area (Å²) < 4.78 is 0.988. The third-order valence-corrected chi connectivity index (χ3v) is 6.67. The van der Waals surface area contributed by atoms with Crippen molar-refractivity contribution in [3.8, 4) is 0 Å². The zero-order valence-corrected chi connectivity index (χ0v) is 18.2. The maximum absolute atomic E-state index is 13.0. The van der Waals surface area contributed by atoms with E-state index in [4.69, 9.17) is 5.73 Å². The quantitative estimate of drug-likeness (QED) is 0.678. The van der Waals surface area contributed by atoms with Gasteiger partial charge in [-0.05, 0) is 25.0 Å². The SMILES string of the molecule is CC(C)(CC(C(N)=O)(c1ccccc1)c1ccccc1)[N+]1(C)CCCC1.[Br-]. The van der Waals surface area contributed by atoms with Gasteiger partial charge in [-0.25, -0.2) is 0 Å². The predicted octanol–water partition coefficient (Wildman–Crippen LogP) is 0.871. The molecule has 1 aliphatic heterocycles. The van der Waals surface area contributed by atoms with Gasteiger partial charge in [0.2, 0.25) is 5.91 Å². The van der Waals surface area contributed by atoms with Crippen molar-refractivity contribution in [1.29, 1.82) is 0 Å². The van der Waals surface area contributed by atoms with Crippen LogP contribution in [0.4, 0.5) is 0 Å². The van der Waals surface area contributed by atoms with Crippen molar-refractivity contribution in [1.82, 2.24) is 0 Å². The van der Waals surface area contributed by atoms with Gasteiger partial charge in [-0.3, -0.25) is 4.79 Å². The summed E-state index contributed by atoms with van der Waals surface area (Å²) in [5.74, 6) is -0.270. The Hall–Kier alpha value is -1.65. The number of quaternary nitrogens is 1. The van der Waals surface area contributed by atoms with E-state index < -0.39 is 5.41 Å². The number of nitrogens with zero attached hydrogens (tertiary/aromatic N) is 1. The predicted molar refractivity (Wildman–Crippen MR) is 107 cm³/mol. The first kappa shape index (κ1) is 21.6. The zero-order valence-electron chi connectivity index (χ0n) is 16.6. The molecule has 4 heteroatoms. The van der Waals surface area contributed by atoms with Crippen molar-refractivity contribution in [2.75, 3.05) is 20.1 Å². The van der Waals surface area contributed by atoms with E-state index in [1.54, 1.807) is 0 Å². The number of benzene rings is 2. The number of primary amides is 1. The average Bonchev–Trinajstić information content (AvgIpc) is 3.09. The van der Waals surface area contributed by atoms with Crippen LogP contribution in [0.3, 0.4) is 0 Å². The maximum atomic E-state index is 13.0. The third kappa shape index (κ3) is 3.83. The fraction of sp³-hybridized carbons (Fsp3) is 0.435. The minimum Gasteiger partial charge on any atom is -1.00 e. The topological polar surface area (TPSA) is 43.1 Å². The summed E-state index contributed by atoms with van der Waals surface area (Å²) in [7, 11) is 2.33. The number of likely N-dealkylation sites (tertiary alicyclic amines) is 1. The van der Waals surface area contributed by atoms with Crippen molar-refractivity contribution >= 4 is 5.91 Å². The van der Waals surface area contributed by atoms with E-state index in [2.05, 4.69) is 20.9 Å². The normalized spacial score (nSPS) is 16.6. The highest BCUT2D eigenvalue weighted by Gasteiger charge is 2.52. The van der Waals surface area contributed by atoms with Crippen molar-refractivity contribution in [2.24, 2.45) is 5.73 Å². The van der Waals surface area contributed by atoms with Gasteiger partial charge in [0.1, 0.15) is 5.41 Å². The van der Waals surface area contributed by atoms with Crippen molar-refractivity contribution in [3.05, 3.63) is 71.8 Å². The Morgan fingerprint density at radius 3 is 1.70 bits per heavy atom. The Balaban J connectivity index is 0.00000261. The number of amides is 1. The van der Waals surface area contributed by atoms with Gasteiger partial charge in [-0.2, -0.15) is 0 Å². The van der Waals surface area contributed by atoms with Gasteiger partial charge in [0, 0.05) is 19.3 Å². The highest BCUT2D eigenvalue weighted by molar-refractivity contribution is 5.91. The molecule has 1 heterocycles. The number of hydrogen-bond acceptors (Lipinski definition) is 1. The van der Waals surface area contributed by atoms with Crippen LogP contribution >= 0.6 is 0 Å². The van der Waals surface area contributed by atoms with Gasteiger partial charge in [0.15, 0.2) is 0 Å². The second-order valence-corrected chi connectivity index (χ2v) is 8.54. The largest absolute Gasteiger partial charge is 1.00 e. The van der Waals surface area contributed by atoms with Crippen LogP contribution in [0.5, 0.6) is 0 Å². The van der Waals surface area contributed by atoms with E-state index >= 15 is 0 Å². The lowest BCUT2D eigenvalue weighted by Gasteiger charge is -2.49. The van der Waals surface area contributed by atoms with E-state index in [0.717, 1.165) is 28.7 Å². The van der Waals surface area contributed by atoms with Crippen molar-refractivity contribution in [3.63, 3.8) is 0 Å². The summed E-state index contributed by atoms with van der Waals surface area (Å²) in [6.07, 6.45) is 3.19. The Bertz CT molecular complexity index is 713. The van der Waals surface area contributed by atoms with Gasteiger partial charge in [0.05, 0.1) is 25.7 Å². The second-order valence-electron chi connectivity index (χ2n) is 8.54. The molecule has 0 atom stereocenters. The number of nitrogens with two attached hydrogens (primary N) is 1. The monoisotopic (exact) mass is 430 g/mol. The molecule has 1 aliphatic rings. The summed E-state index contributed by atoms with van der Waals surface area (Å²) in [5.41, 5.74) is 7.21. The van der Waals surface area contributed by atoms with Crippen LogP contribution in [-0.2, 0) is 10.2 Å². The molecule has 1 amide bonds. The standard InChI is InChI=1S/C23H30N2O.BrH/c1-22(2,25(3)16-10-11-17-25)18-23(21(24)26,19-12-6-4-7-13-19)20-14-8-5-9-15-20;/h4-9,12-15H,10-11,16-18H2,1-3H3,(H-,24,26);1H. The van der Waals surface area contributed by atoms with Gasteiger partial charge in [0.25, 0.3) is 0 Å². The molecular formula is C23H31BrN2O. The first-order chi connectivity index (χ1) is 12.3. The molecule has 1 fully saturated rings. The highest BCUT2D eigenvalue weighted by atomic mass is 79.9. The first-order valence-electron chi connectivity index (χ1n) is 9.57. The fourth-order valence-electron chi connectivity index (χ4n) is 4.67. The Kier molecular flexibility index (Phi) is 6.54. The summed E-state index contributed by atoms with van der Waals surface area (Å²) >= 11 is 0. The van der Waals surface area contributed by atoms with Crippen LogP contribution in [-0.4, -0.2) is 36.1 Å². The Morgan fingerprint density at radius 2 is 1.33 bits per heavy atom. The molecule has 0 bridgehead atoms. The van der Waals surface area contributed by atoms with Gasteiger partial charge >= 0.3 is 0 Å². The van der Waals surface area contributed by atoms with E-state index in [1.165, 1.54) is 12.8 Å². The fourth-order valence-corrected chi connectivity index (χ4v) is 4.67. The molecular weight excluding hydrogens is 400 g/mol. The average molecular weight is 431 g/mol. The Morgan fingerprint density at radius 1 is 0.926 bits per heavy atom.